The highest BCUT2D eigenvalue weighted by Gasteiger charge is 2.36. The molecule has 0 aliphatic heterocycles. The third-order valence-electron chi connectivity index (χ3n) is 10.3. The number of phosphoric ester groups is 1. The van der Waals surface area contributed by atoms with Crippen LogP contribution in [0.2, 0.25) is 0 Å². The largest absolute Gasteiger partial charge is 0.475 e. The van der Waals surface area contributed by atoms with Crippen molar-refractivity contribution in [2.24, 2.45) is 0 Å². The van der Waals surface area contributed by atoms with Crippen LogP contribution in [0.1, 0.15) is 154 Å². The zero-order chi connectivity index (χ0) is 50.5. The van der Waals surface area contributed by atoms with Crippen LogP contribution in [0.25, 0.3) is 0 Å². The highest BCUT2D eigenvalue weighted by Crippen LogP contribution is 2.55. The third kappa shape index (κ3) is 38.3. The summed E-state index contributed by atoms with van der Waals surface area (Å²) in [6, 6.07) is 0. The summed E-state index contributed by atoms with van der Waals surface area (Å²) in [5.41, 5.74) is 0. The molecule has 0 aromatic heterocycles. The molecule has 0 aromatic carbocycles. The molecule has 0 unspecified atom stereocenters. The lowest BCUT2D eigenvalue weighted by molar-refractivity contribution is -0.138. The van der Waals surface area contributed by atoms with E-state index in [1.807, 2.05) is 0 Å². The summed E-state index contributed by atoms with van der Waals surface area (Å²) in [6.45, 7) is 22.0. The van der Waals surface area contributed by atoms with E-state index in [1.54, 1.807) is 0 Å². The predicted molar refractivity (Wildman–Crippen MR) is 260 cm³/mol. The minimum atomic E-state index is -4.34. The van der Waals surface area contributed by atoms with E-state index < -0.39 is 62.0 Å². The standard InChI is InChI=1S/C51H81O16P/c1-7-46(52)59-37-25-13-19-31-43(32-20-14-26-38-60-47(53)8-2)65-68(58,66-44(33-21-15-27-39-61-48(54)9-3)34-22-16-28-40-62-49(55)10-4)67-45(35-23-17-29-41-63-50(56)11-5)36-24-18-30-42-64-51(57)12-6/h7-12,43-45H,1-6,13-42H2. The first-order valence-electron chi connectivity index (χ1n) is 24.2. The molecular formula is C51H81O16P. The van der Waals surface area contributed by atoms with Crippen LogP contribution in [-0.2, 0) is 75.3 Å². The SMILES string of the molecule is C=CC(=O)OCCCCCC(CCCCCOC(=O)C=C)OP(=O)(OC(CCCCCOC(=O)C=C)CCCCCOC(=O)C=C)OC(CCCCCOC(=O)C=C)CCCCCOC(=O)C=C. The van der Waals surface area contributed by atoms with Crippen LogP contribution in [0, 0.1) is 0 Å². The maximum Gasteiger partial charge on any atom is 0.475 e. The Hall–Kier alpha value is -4.63. The van der Waals surface area contributed by atoms with Gasteiger partial charge < -0.3 is 28.4 Å². The van der Waals surface area contributed by atoms with Gasteiger partial charge in [0.2, 0.25) is 0 Å². The molecule has 0 fully saturated rings. The molecule has 0 aliphatic carbocycles. The van der Waals surface area contributed by atoms with Crippen LogP contribution in [0.5, 0.6) is 0 Å². The van der Waals surface area contributed by atoms with E-state index in [1.165, 1.54) is 0 Å². The molecule has 0 N–H and O–H groups in total. The summed E-state index contributed by atoms with van der Waals surface area (Å²) in [6.07, 6.45) is 19.9. The summed E-state index contributed by atoms with van der Waals surface area (Å²) in [7, 11) is -4.34. The average molecular weight is 981 g/mol. The van der Waals surface area contributed by atoms with Crippen LogP contribution < -0.4 is 0 Å². The van der Waals surface area contributed by atoms with Gasteiger partial charge in [-0.3, -0.25) is 13.6 Å². The first-order chi connectivity index (χ1) is 32.8. The van der Waals surface area contributed by atoms with Gasteiger partial charge in [0.25, 0.3) is 0 Å². The first-order valence-corrected chi connectivity index (χ1v) is 25.7. The van der Waals surface area contributed by atoms with Crippen molar-refractivity contribution in [3.8, 4) is 0 Å². The van der Waals surface area contributed by atoms with Crippen molar-refractivity contribution in [2.45, 2.75) is 172 Å². The zero-order valence-corrected chi connectivity index (χ0v) is 41.5. The number of hydrogen-bond donors (Lipinski definition) is 0. The molecular weight excluding hydrogens is 900 g/mol. The molecule has 0 saturated carbocycles. The fourth-order valence-electron chi connectivity index (χ4n) is 6.67. The van der Waals surface area contributed by atoms with Crippen molar-refractivity contribution < 1.29 is 75.3 Å². The lowest BCUT2D eigenvalue weighted by Crippen LogP contribution is -2.22. The van der Waals surface area contributed by atoms with Crippen molar-refractivity contribution in [1.82, 2.24) is 0 Å². The summed E-state index contributed by atoms with van der Waals surface area (Å²) >= 11 is 0. The van der Waals surface area contributed by atoms with Crippen LogP contribution in [0.15, 0.2) is 75.9 Å². The second-order valence-electron chi connectivity index (χ2n) is 16.0. The molecule has 0 rings (SSSR count). The third-order valence-corrected chi connectivity index (χ3v) is 12.0. The van der Waals surface area contributed by atoms with Gasteiger partial charge in [0.1, 0.15) is 0 Å². The molecule has 0 amide bonds. The Labute approximate surface area is 405 Å². The van der Waals surface area contributed by atoms with Gasteiger partial charge in [-0.2, -0.15) is 0 Å². The van der Waals surface area contributed by atoms with E-state index >= 15 is 4.57 Å². The minimum absolute atomic E-state index is 0.231. The van der Waals surface area contributed by atoms with Crippen molar-refractivity contribution >= 4 is 43.6 Å². The van der Waals surface area contributed by atoms with Gasteiger partial charge in [0.15, 0.2) is 0 Å². The monoisotopic (exact) mass is 981 g/mol. The second-order valence-corrected chi connectivity index (χ2v) is 17.5. The minimum Gasteiger partial charge on any atom is -0.463 e. The Balaban J connectivity index is 6.63. The topological polar surface area (TPSA) is 203 Å². The Bertz CT molecular complexity index is 1270. The van der Waals surface area contributed by atoms with Gasteiger partial charge in [-0.05, 0) is 116 Å². The molecule has 0 aliphatic rings. The van der Waals surface area contributed by atoms with Crippen LogP contribution >= 0.6 is 7.82 Å². The van der Waals surface area contributed by atoms with Gasteiger partial charge in [0.05, 0.1) is 58.0 Å². The molecule has 0 bridgehead atoms. The first kappa shape index (κ1) is 63.4. The molecule has 0 heterocycles. The Morgan fingerprint density at radius 2 is 0.456 bits per heavy atom. The summed E-state index contributed by atoms with van der Waals surface area (Å²) in [4.78, 5) is 69.5. The molecule has 16 nitrogen and oxygen atoms in total. The van der Waals surface area contributed by atoms with Gasteiger partial charge in [-0.15, -0.1) is 0 Å². The predicted octanol–water partition coefficient (Wildman–Crippen LogP) is 11.0. The molecule has 0 aromatic rings. The molecule has 17 heteroatoms. The number of esters is 6. The van der Waals surface area contributed by atoms with Gasteiger partial charge in [-0.25, -0.2) is 33.3 Å². The molecule has 68 heavy (non-hydrogen) atoms. The van der Waals surface area contributed by atoms with Gasteiger partial charge in [-0.1, -0.05) is 78.0 Å². The van der Waals surface area contributed by atoms with Gasteiger partial charge in [0, 0.05) is 36.5 Å². The lowest BCUT2D eigenvalue weighted by Gasteiger charge is -2.31. The maximum absolute atomic E-state index is 15.4. The van der Waals surface area contributed by atoms with Gasteiger partial charge >= 0.3 is 43.6 Å². The second kappa shape index (κ2) is 43.6. The van der Waals surface area contributed by atoms with Crippen molar-refractivity contribution in [2.75, 3.05) is 39.6 Å². The van der Waals surface area contributed by atoms with Crippen LogP contribution in [0.3, 0.4) is 0 Å². The number of hydrogen-bond acceptors (Lipinski definition) is 16. The highest BCUT2D eigenvalue weighted by molar-refractivity contribution is 7.48. The maximum atomic E-state index is 15.4. The Kier molecular flexibility index (Phi) is 40.7. The zero-order valence-electron chi connectivity index (χ0n) is 40.6. The molecule has 0 saturated heterocycles. The smallest absolute Gasteiger partial charge is 0.463 e. The Morgan fingerprint density at radius 3 is 0.603 bits per heavy atom. The fraction of sp³-hybridized carbons (Fsp3) is 0.647. The highest BCUT2D eigenvalue weighted by atomic mass is 31.2. The molecule has 386 valence electrons. The van der Waals surface area contributed by atoms with E-state index in [2.05, 4.69) is 39.5 Å². The number of phosphoric acid groups is 1. The fourth-order valence-corrected chi connectivity index (χ4v) is 8.54. The number of carbonyl (C=O) groups excluding carboxylic acids is 6. The number of unbranched alkanes of at least 4 members (excludes halogenated alkanes) is 12. The normalized spacial score (nSPS) is 11.1. The van der Waals surface area contributed by atoms with Crippen LogP contribution in [-0.4, -0.2) is 93.8 Å². The number of carbonyl (C=O) groups is 6. The van der Waals surface area contributed by atoms with E-state index in [-0.39, 0.29) is 39.6 Å². The number of rotatable bonds is 48. The molecule has 0 atom stereocenters. The van der Waals surface area contributed by atoms with Crippen molar-refractivity contribution in [3.63, 3.8) is 0 Å². The van der Waals surface area contributed by atoms with E-state index in [9.17, 15) is 28.8 Å². The van der Waals surface area contributed by atoms with E-state index in [4.69, 9.17) is 42.0 Å². The summed E-state index contributed by atoms with van der Waals surface area (Å²) in [5.74, 6) is -2.98. The van der Waals surface area contributed by atoms with Crippen LogP contribution in [0.4, 0.5) is 0 Å². The Morgan fingerprint density at radius 1 is 0.294 bits per heavy atom. The lowest BCUT2D eigenvalue weighted by atomic mass is 10.0. The molecule has 0 spiro atoms. The number of ether oxygens (including phenoxy) is 6. The van der Waals surface area contributed by atoms with E-state index in [0.717, 1.165) is 36.5 Å². The average Bonchev–Trinajstić information content (AvgIpc) is 3.33. The van der Waals surface area contributed by atoms with Crippen molar-refractivity contribution in [3.05, 3.63) is 75.9 Å². The summed E-state index contributed by atoms with van der Waals surface area (Å²) < 4.78 is 66.2. The van der Waals surface area contributed by atoms with Crippen molar-refractivity contribution in [1.29, 1.82) is 0 Å². The quantitative estimate of drug-likeness (QED) is 0.0183. The molecule has 0 radical (unpaired) electrons. The van der Waals surface area contributed by atoms with E-state index in [0.29, 0.717) is 154 Å². The summed E-state index contributed by atoms with van der Waals surface area (Å²) in [5, 5.41) is 0.